The number of rotatable bonds is 6. The average molecular weight is 295 g/mol. The van der Waals surface area contributed by atoms with Gasteiger partial charge in [0.25, 0.3) is 5.56 Å². The maximum atomic E-state index is 12.1. The van der Waals surface area contributed by atoms with Crippen molar-refractivity contribution < 1.29 is 4.74 Å². The van der Waals surface area contributed by atoms with Crippen LogP contribution in [0.3, 0.4) is 0 Å². The van der Waals surface area contributed by atoms with E-state index in [1.807, 2.05) is 13.8 Å². The Balaban J connectivity index is 2.10. The van der Waals surface area contributed by atoms with Gasteiger partial charge in [0.05, 0.1) is 11.9 Å². The fourth-order valence-electron chi connectivity index (χ4n) is 2.16. The lowest BCUT2D eigenvalue weighted by Gasteiger charge is -2.10. The van der Waals surface area contributed by atoms with Crippen LogP contribution in [0.2, 0.25) is 0 Å². The molecule has 2 aromatic rings. The van der Waals surface area contributed by atoms with Crippen LogP contribution in [0, 0.1) is 19.8 Å². The lowest BCUT2D eigenvalue weighted by Crippen LogP contribution is -2.25. The van der Waals surface area contributed by atoms with E-state index in [1.54, 1.807) is 18.4 Å². The maximum absolute atomic E-state index is 12.1. The summed E-state index contributed by atoms with van der Waals surface area (Å²) in [5.74, 6) is 1.12. The topological polar surface area (TPSA) is 67.0 Å². The van der Waals surface area contributed by atoms with Crippen molar-refractivity contribution in [3.8, 4) is 0 Å². The third-order valence-corrected chi connectivity index (χ3v) is 4.43. The van der Waals surface area contributed by atoms with Gasteiger partial charge in [-0.25, -0.2) is 4.98 Å². The Morgan fingerprint density at radius 3 is 2.90 bits per heavy atom. The van der Waals surface area contributed by atoms with Gasteiger partial charge in [0.2, 0.25) is 0 Å². The molecule has 2 N–H and O–H groups in total. The average Bonchev–Trinajstić information content (AvgIpc) is 2.65. The molecule has 1 atom stereocenters. The highest BCUT2D eigenvalue weighted by atomic mass is 32.1. The minimum Gasteiger partial charge on any atom is -0.384 e. The summed E-state index contributed by atoms with van der Waals surface area (Å²) in [5, 5.41) is 4.02. The van der Waals surface area contributed by atoms with E-state index in [9.17, 15) is 4.79 Å². The molecule has 0 aliphatic carbocycles. The molecule has 0 bridgehead atoms. The summed E-state index contributed by atoms with van der Waals surface area (Å²) < 4.78 is 5.09. The SMILES string of the molecule is COCC(C)CNCc1nc2sc(C)c(C)c2c(=O)[nH]1. The number of methoxy groups -OCH3 is 1. The normalized spacial score (nSPS) is 13.0. The Labute approximate surface area is 122 Å². The van der Waals surface area contributed by atoms with Crippen molar-refractivity contribution in [2.45, 2.75) is 27.3 Å². The van der Waals surface area contributed by atoms with E-state index in [0.29, 0.717) is 18.3 Å². The molecule has 0 aliphatic rings. The number of thiophene rings is 1. The van der Waals surface area contributed by atoms with Crippen LogP contribution in [-0.2, 0) is 11.3 Å². The van der Waals surface area contributed by atoms with Crippen LogP contribution >= 0.6 is 11.3 Å². The Morgan fingerprint density at radius 1 is 1.45 bits per heavy atom. The second kappa shape index (κ2) is 6.47. The zero-order chi connectivity index (χ0) is 14.7. The summed E-state index contributed by atoms with van der Waals surface area (Å²) in [4.78, 5) is 21.5. The number of aryl methyl sites for hydroxylation is 2. The maximum Gasteiger partial charge on any atom is 0.259 e. The predicted molar refractivity (Wildman–Crippen MR) is 82.5 cm³/mol. The summed E-state index contributed by atoms with van der Waals surface area (Å²) in [6.45, 7) is 8.22. The van der Waals surface area contributed by atoms with E-state index in [0.717, 1.165) is 33.8 Å². The molecule has 0 spiro atoms. The van der Waals surface area contributed by atoms with E-state index in [-0.39, 0.29) is 5.56 Å². The molecule has 0 saturated heterocycles. The first-order valence-corrected chi connectivity index (χ1v) is 7.53. The number of nitrogens with one attached hydrogen (secondary N) is 2. The van der Waals surface area contributed by atoms with Crippen molar-refractivity contribution in [1.29, 1.82) is 0 Å². The van der Waals surface area contributed by atoms with E-state index in [4.69, 9.17) is 4.74 Å². The highest BCUT2D eigenvalue weighted by molar-refractivity contribution is 7.18. The van der Waals surface area contributed by atoms with Gasteiger partial charge in [-0.05, 0) is 25.3 Å². The van der Waals surface area contributed by atoms with Gasteiger partial charge in [0.15, 0.2) is 0 Å². The Hall–Kier alpha value is -1.24. The van der Waals surface area contributed by atoms with Gasteiger partial charge in [-0.15, -0.1) is 11.3 Å². The van der Waals surface area contributed by atoms with Gasteiger partial charge in [-0.3, -0.25) is 4.79 Å². The monoisotopic (exact) mass is 295 g/mol. The van der Waals surface area contributed by atoms with E-state index < -0.39 is 0 Å². The summed E-state index contributed by atoms with van der Waals surface area (Å²) in [7, 11) is 1.70. The fourth-order valence-corrected chi connectivity index (χ4v) is 3.21. The summed E-state index contributed by atoms with van der Waals surface area (Å²) in [6.07, 6.45) is 0. The van der Waals surface area contributed by atoms with Gasteiger partial charge >= 0.3 is 0 Å². The van der Waals surface area contributed by atoms with Crippen molar-refractivity contribution in [2.75, 3.05) is 20.3 Å². The van der Waals surface area contributed by atoms with Crippen LogP contribution in [-0.4, -0.2) is 30.2 Å². The Kier molecular flexibility index (Phi) is 4.91. The Morgan fingerprint density at radius 2 is 2.20 bits per heavy atom. The van der Waals surface area contributed by atoms with Crippen molar-refractivity contribution in [3.63, 3.8) is 0 Å². The second-order valence-electron chi connectivity index (χ2n) is 5.17. The zero-order valence-corrected chi connectivity index (χ0v) is 13.2. The molecule has 6 heteroatoms. The molecule has 0 aliphatic heterocycles. The first-order valence-electron chi connectivity index (χ1n) is 6.71. The molecule has 0 saturated carbocycles. The number of nitrogens with zero attached hydrogens (tertiary/aromatic N) is 1. The molecule has 1 unspecified atom stereocenters. The lowest BCUT2D eigenvalue weighted by atomic mass is 10.2. The van der Waals surface area contributed by atoms with E-state index in [1.165, 1.54) is 0 Å². The zero-order valence-electron chi connectivity index (χ0n) is 12.4. The minimum atomic E-state index is -0.0430. The predicted octanol–water partition coefficient (Wildman–Crippen LogP) is 1.97. The highest BCUT2D eigenvalue weighted by Gasteiger charge is 2.11. The standard InChI is InChI=1S/C14H21N3O2S/c1-8(7-19-4)5-15-6-11-16-13(18)12-9(2)10(3)20-14(12)17-11/h8,15H,5-7H2,1-4H3,(H,16,17,18). The number of aromatic nitrogens is 2. The van der Waals surface area contributed by atoms with Crippen LogP contribution in [0.5, 0.6) is 0 Å². The van der Waals surface area contributed by atoms with Crippen LogP contribution in [0.15, 0.2) is 4.79 Å². The molecule has 0 amide bonds. The summed E-state index contributed by atoms with van der Waals surface area (Å²) in [6, 6.07) is 0. The van der Waals surface area contributed by atoms with Crippen molar-refractivity contribution in [3.05, 3.63) is 26.6 Å². The molecular weight excluding hydrogens is 274 g/mol. The lowest BCUT2D eigenvalue weighted by molar-refractivity contribution is 0.158. The van der Waals surface area contributed by atoms with Crippen molar-refractivity contribution >= 4 is 21.6 Å². The van der Waals surface area contributed by atoms with Crippen molar-refractivity contribution in [2.24, 2.45) is 5.92 Å². The van der Waals surface area contributed by atoms with Gasteiger partial charge in [-0.2, -0.15) is 0 Å². The number of hydrogen-bond acceptors (Lipinski definition) is 5. The molecule has 0 aromatic carbocycles. The number of ether oxygens (including phenoxy) is 1. The largest absolute Gasteiger partial charge is 0.384 e. The number of hydrogen-bond donors (Lipinski definition) is 2. The Bertz CT molecular complexity index is 648. The van der Waals surface area contributed by atoms with Gasteiger partial charge < -0.3 is 15.0 Å². The number of aromatic amines is 1. The highest BCUT2D eigenvalue weighted by Crippen LogP contribution is 2.25. The molecule has 110 valence electrons. The third kappa shape index (κ3) is 3.26. The van der Waals surface area contributed by atoms with Crippen LogP contribution in [0.1, 0.15) is 23.2 Å². The molecule has 0 radical (unpaired) electrons. The summed E-state index contributed by atoms with van der Waals surface area (Å²) >= 11 is 1.58. The number of fused-ring (bicyclic) bond motifs is 1. The first-order chi connectivity index (χ1) is 9.52. The molecule has 5 nitrogen and oxygen atoms in total. The smallest absolute Gasteiger partial charge is 0.259 e. The van der Waals surface area contributed by atoms with Gasteiger partial charge in [-0.1, -0.05) is 6.92 Å². The van der Waals surface area contributed by atoms with E-state index >= 15 is 0 Å². The second-order valence-corrected chi connectivity index (χ2v) is 6.37. The first kappa shape index (κ1) is 15.2. The third-order valence-electron chi connectivity index (χ3n) is 3.32. The van der Waals surface area contributed by atoms with Crippen LogP contribution in [0.25, 0.3) is 10.2 Å². The molecule has 2 aromatic heterocycles. The molecule has 2 rings (SSSR count). The van der Waals surface area contributed by atoms with Crippen LogP contribution in [0.4, 0.5) is 0 Å². The quantitative estimate of drug-likeness (QED) is 0.855. The van der Waals surface area contributed by atoms with Gasteiger partial charge in [0.1, 0.15) is 10.7 Å². The van der Waals surface area contributed by atoms with Crippen LogP contribution < -0.4 is 10.9 Å². The summed E-state index contributed by atoms with van der Waals surface area (Å²) in [5.41, 5.74) is 0.991. The molecule has 0 fully saturated rings. The molecular formula is C14H21N3O2S. The van der Waals surface area contributed by atoms with Gasteiger partial charge in [0, 0.05) is 25.1 Å². The number of H-pyrrole nitrogens is 1. The van der Waals surface area contributed by atoms with Crippen molar-refractivity contribution in [1.82, 2.24) is 15.3 Å². The molecule has 20 heavy (non-hydrogen) atoms. The molecule has 2 heterocycles. The minimum absolute atomic E-state index is 0.0430. The fraction of sp³-hybridized carbons (Fsp3) is 0.571. The van der Waals surface area contributed by atoms with E-state index in [2.05, 4.69) is 22.2 Å².